The molecule has 0 saturated carbocycles. The number of benzene rings is 1. The predicted octanol–water partition coefficient (Wildman–Crippen LogP) is 4.43. The van der Waals surface area contributed by atoms with Gasteiger partial charge in [0.2, 0.25) is 0 Å². The summed E-state index contributed by atoms with van der Waals surface area (Å²) in [4.78, 5) is 15.3. The van der Waals surface area contributed by atoms with Gasteiger partial charge in [-0.3, -0.25) is 4.90 Å². The summed E-state index contributed by atoms with van der Waals surface area (Å²) in [5.74, 6) is -0.124. The van der Waals surface area contributed by atoms with Crippen molar-refractivity contribution in [3.8, 4) is 0 Å². The normalized spacial score (nSPS) is 24.0. The second kappa shape index (κ2) is 8.65. The summed E-state index contributed by atoms with van der Waals surface area (Å²) in [6.07, 6.45) is -0.284. The Hall–Kier alpha value is -1.21. The second-order valence-corrected chi connectivity index (χ2v) is 14.4. The highest BCUT2D eigenvalue weighted by Crippen LogP contribution is 2.41. The molecule has 0 aromatic heterocycles. The van der Waals surface area contributed by atoms with Gasteiger partial charge >= 0.3 is 5.97 Å². The zero-order chi connectivity index (χ0) is 21.2. The summed E-state index contributed by atoms with van der Waals surface area (Å²) in [5.41, 5.74) is 0.185. The highest BCUT2D eigenvalue weighted by molar-refractivity contribution is 6.74. The van der Waals surface area contributed by atoms with Crippen LogP contribution in [0.5, 0.6) is 0 Å². The first-order chi connectivity index (χ1) is 13.0. The van der Waals surface area contributed by atoms with Gasteiger partial charge in [-0.15, -0.1) is 0 Å². The lowest BCUT2D eigenvalue weighted by molar-refractivity contribution is -0.159. The van der Waals surface area contributed by atoms with Crippen LogP contribution in [0.4, 0.5) is 0 Å². The minimum Gasteiger partial charge on any atom is -0.467 e. The minimum absolute atomic E-state index is 0.0569. The number of hydrogen-bond acceptors (Lipinski definition) is 5. The van der Waals surface area contributed by atoms with Crippen molar-refractivity contribution in [2.45, 2.75) is 70.9 Å². The third kappa shape index (κ3) is 4.51. The van der Waals surface area contributed by atoms with Crippen LogP contribution in [0, 0.1) is 5.92 Å². The molecule has 0 aliphatic carbocycles. The average molecular weight is 408 g/mol. The molecule has 1 aliphatic heterocycles. The van der Waals surface area contributed by atoms with E-state index in [-0.39, 0.29) is 29.6 Å². The van der Waals surface area contributed by atoms with Crippen molar-refractivity contribution in [2.75, 3.05) is 20.4 Å². The quantitative estimate of drug-likeness (QED) is 0.494. The number of carbonyl (C=O) groups is 1. The molecular formula is C22H37NO4Si. The summed E-state index contributed by atoms with van der Waals surface area (Å²) in [6.45, 7) is 16.5. The van der Waals surface area contributed by atoms with Gasteiger partial charge in [-0.05, 0) is 29.6 Å². The van der Waals surface area contributed by atoms with Crippen LogP contribution in [-0.2, 0) is 25.2 Å². The zero-order valence-corrected chi connectivity index (χ0v) is 19.7. The van der Waals surface area contributed by atoms with Crippen LogP contribution in [0.25, 0.3) is 0 Å². The van der Waals surface area contributed by atoms with Gasteiger partial charge in [0.05, 0.1) is 19.8 Å². The first-order valence-corrected chi connectivity index (χ1v) is 13.0. The van der Waals surface area contributed by atoms with Gasteiger partial charge < -0.3 is 13.9 Å². The molecule has 2 unspecified atom stereocenters. The summed E-state index contributed by atoms with van der Waals surface area (Å²) in [7, 11) is -0.603. The smallest absolute Gasteiger partial charge is 0.331 e. The number of carbonyl (C=O) groups excluding carboxylic acids is 1. The number of methoxy groups -OCH3 is 1. The van der Waals surface area contributed by atoms with Crippen molar-refractivity contribution < 1.29 is 18.7 Å². The Labute approximate surface area is 171 Å². The number of nitrogens with zero attached hydrogens (tertiary/aromatic N) is 1. The van der Waals surface area contributed by atoms with Gasteiger partial charge in [0.15, 0.2) is 13.9 Å². The van der Waals surface area contributed by atoms with E-state index in [0.717, 1.165) is 5.56 Å². The van der Waals surface area contributed by atoms with Crippen molar-refractivity contribution in [3.05, 3.63) is 35.9 Å². The van der Waals surface area contributed by atoms with Gasteiger partial charge in [-0.1, -0.05) is 65.0 Å². The fourth-order valence-corrected chi connectivity index (χ4v) is 4.51. The van der Waals surface area contributed by atoms with Crippen molar-refractivity contribution in [1.82, 2.24) is 4.90 Å². The monoisotopic (exact) mass is 407 g/mol. The summed E-state index contributed by atoms with van der Waals surface area (Å²) in [5, 5.41) is 0.0569. The Balaban J connectivity index is 2.41. The van der Waals surface area contributed by atoms with Crippen LogP contribution >= 0.6 is 0 Å². The highest BCUT2D eigenvalue weighted by atomic mass is 28.4. The molecule has 158 valence electrons. The molecule has 1 aromatic carbocycles. The van der Waals surface area contributed by atoms with Gasteiger partial charge in [0.25, 0.3) is 0 Å². The maximum Gasteiger partial charge on any atom is 0.331 e. The number of rotatable bonds is 7. The first-order valence-electron chi connectivity index (χ1n) is 10.1. The fourth-order valence-electron chi connectivity index (χ4n) is 3.50. The van der Waals surface area contributed by atoms with Crippen LogP contribution in [0.1, 0.15) is 40.2 Å². The molecule has 2 rings (SSSR count). The van der Waals surface area contributed by atoms with E-state index in [1.165, 1.54) is 7.11 Å². The van der Waals surface area contributed by atoms with Crippen LogP contribution in [-0.4, -0.2) is 51.3 Å². The third-order valence-corrected chi connectivity index (χ3v) is 10.7. The molecule has 1 aliphatic rings. The maximum atomic E-state index is 13.2. The van der Waals surface area contributed by atoms with Crippen molar-refractivity contribution >= 4 is 14.3 Å². The molecule has 1 aromatic rings. The lowest BCUT2D eigenvalue weighted by atomic mass is 9.85. The van der Waals surface area contributed by atoms with Gasteiger partial charge in [-0.2, -0.15) is 0 Å². The Morgan fingerprint density at radius 3 is 2.39 bits per heavy atom. The standard InChI is InChI=1S/C22H37NO4Si/c1-17(2)19-22(20(24)25-6,15-27-28(7,8)21(3,4)5)23(16-26-19)14-18-12-10-9-11-13-18/h9-13,17,19H,14-16H2,1-8H3. The second-order valence-electron chi connectivity index (χ2n) is 9.61. The highest BCUT2D eigenvalue weighted by Gasteiger charge is 2.58. The molecule has 1 fully saturated rings. The first kappa shape index (κ1) is 23.1. The van der Waals surface area contributed by atoms with Crippen molar-refractivity contribution in [3.63, 3.8) is 0 Å². The molecule has 5 nitrogen and oxygen atoms in total. The predicted molar refractivity (Wildman–Crippen MR) is 114 cm³/mol. The molecule has 0 amide bonds. The minimum atomic E-state index is -2.05. The molecule has 1 heterocycles. The Morgan fingerprint density at radius 2 is 1.89 bits per heavy atom. The van der Waals surface area contributed by atoms with E-state index in [2.05, 4.69) is 64.7 Å². The summed E-state index contributed by atoms with van der Waals surface area (Å²) in [6, 6.07) is 10.2. The molecule has 0 N–H and O–H groups in total. The third-order valence-electron chi connectivity index (χ3n) is 6.26. The molecule has 2 atom stereocenters. The molecule has 6 heteroatoms. The fraction of sp³-hybridized carbons (Fsp3) is 0.682. The average Bonchev–Trinajstić information content (AvgIpc) is 2.98. The Bertz CT molecular complexity index is 656. The lowest BCUT2D eigenvalue weighted by Crippen LogP contribution is -2.63. The van der Waals surface area contributed by atoms with E-state index in [9.17, 15) is 4.79 Å². The van der Waals surface area contributed by atoms with E-state index in [4.69, 9.17) is 13.9 Å². The van der Waals surface area contributed by atoms with Crippen LogP contribution in [0.3, 0.4) is 0 Å². The van der Waals surface area contributed by atoms with Crippen LogP contribution in [0.15, 0.2) is 30.3 Å². The lowest BCUT2D eigenvalue weighted by Gasteiger charge is -2.43. The molecular weight excluding hydrogens is 370 g/mol. The van der Waals surface area contributed by atoms with E-state index < -0.39 is 13.9 Å². The molecule has 0 spiro atoms. The number of ether oxygens (including phenoxy) is 2. The van der Waals surface area contributed by atoms with E-state index in [0.29, 0.717) is 13.3 Å². The molecule has 1 saturated heterocycles. The molecule has 0 radical (unpaired) electrons. The van der Waals surface area contributed by atoms with Crippen LogP contribution < -0.4 is 0 Å². The summed E-state index contributed by atoms with van der Waals surface area (Å²) < 4.78 is 18.0. The topological polar surface area (TPSA) is 48.0 Å². The van der Waals surface area contributed by atoms with E-state index in [1.807, 2.05) is 18.2 Å². The SMILES string of the molecule is COC(=O)C1(CO[Si](C)(C)C(C)(C)C)C(C(C)C)OCN1Cc1ccccc1. The summed E-state index contributed by atoms with van der Waals surface area (Å²) >= 11 is 0. The van der Waals surface area contributed by atoms with Gasteiger partial charge in [-0.25, -0.2) is 4.79 Å². The molecule has 0 bridgehead atoms. The zero-order valence-electron chi connectivity index (χ0n) is 18.7. The van der Waals surface area contributed by atoms with Crippen molar-refractivity contribution in [2.24, 2.45) is 5.92 Å². The van der Waals surface area contributed by atoms with Crippen molar-refractivity contribution in [1.29, 1.82) is 0 Å². The Morgan fingerprint density at radius 1 is 1.29 bits per heavy atom. The maximum absolute atomic E-state index is 13.2. The van der Waals surface area contributed by atoms with Crippen LogP contribution in [0.2, 0.25) is 18.1 Å². The molecule has 28 heavy (non-hydrogen) atoms. The Kier molecular flexibility index (Phi) is 7.13. The van der Waals surface area contributed by atoms with E-state index >= 15 is 0 Å². The van der Waals surface area contributed by atoms with E-state index in [1.54, 1.807) is 0 Å². The van der Waals surface area contributed by atoms with Gasteiger partial charge in [0.1, 0.15) is 6.73 Å². The number of hydrogen-bond donors (Lipinski definition) is 0. The number of esters is 1. The van der Waals surface area contributed by atoms with Gasteiger partial charge in [0, 0.05) is 6.54 Å². The largest absolute Gasteiger partial charge is 0.467 e.